The molecule has 448 valence electrons. The Morgan fingerprint density at radius 3 is 0.671 bits per heavy atom. The summed E-state index contributed by atoms with van der Waals surface area (Å²) in [5, 5.41) is 0. The molecular formula is C50H34BF24IO6. The van der Waals surface area contributed by atoms with Gasteiger partial charge in [-0.25, -0.2) is 9.59 Å². The quantitative estimate of drug-likeness (QED) is 0.0654. The highest BCUT2D eigenvalue weighted by molar-refractivity contribution is 7.20. The van der Waals surface area contributed by atoms with Gasteiger partial charge in [-0.1, -0.05) is 48.5 Å². The fourth-order valence-electron chi connectivity index (χ4n) is 7.77. The SMILES string of the molecule is CC(C)(C)OC(=O)c1ccc([I+]c2ccc(C(=O)OC(C)(C)C)o2)o1.FC(F)(F)c1cc([B-](c2cc(C(F)(F)F)cc(C(F)(F)F)c2)(c2cc(C(F)(F)F)cc(C(F)(F)F)c2)c2cc(C(F)(F)F)cc(C(F)(F)F)c2)cc(C(F)(F)F)c1. The van der Waals surface area contributed by atoms with E-state index in [2.05, 4.69) is 0 Å². The first-order chi connectivity index (χ1) is 36.7. The molecule has 0 aliphatic carbocycles. The molecule has 6 nitrogen and oxygen atoms in total. The molecule has 0 amide bonds. The first-order valence-electron chi connectivity index (χ1n) is 22.4. The number of esters is 2. The summed E-state index contributed by atoms with van der Waals surface area (Å²) < 4.78 is 364. The van der Waals surface area contributed by atoms with E-state index >= 15 is 0 Å². The summed E-state index contributed by atoms with van der Waals surface area (Å²) in [6, 6.07) is -2.19. The molecule has 0 saturated heterocycles. The summed E-state index contributed by atoms with van der Waals surface area (Å²) in [4.78, 5) is 23.9. The van der Waals surface area contributed by atoms with Gasteiger partial charge in [0.05, 0.1) is 44.5 Å². The Morgan fingerprint density at radius 1 is 0.329 bits per heavy atom. The lowest BCUT2D eigenvalue weighted by Crippen LogP contribution is -3.61. The predicted molar refractivity (Wildman–Crippen MR) is 235 cm³/mol. The average Bonchev–Trinajstić information content (AvgIpc) is 3.99. The van der Waals surface area contributed by atoms with Crippen molar-refractivity contribution in [3.05, 3.63) is 161 Å². The smallest absolute Gasteiger partial charge is 0.443 e. The second-order valence-electron chi connectivity index (χ2n) is 19.5. The highest BCUT2D eigenvalue weighted by Gasteiger charge is 2.47. The molecular weight excluding hydrogens is 1290 g/mol. The lowest BCUT2D eigenvalue weighted by Gasteiger charge is -2.46. The largest absolute Gasteiger partial charge is 0.454 e. The third kappa shape index (κ3) is 16.4. The lowest BCUT2D eigenvalue weighted by atomic mass is 9.12. The van der Waals surface area contributed by atoms with E-state index < -0.39 is 239 Å². The van der Waals surface area contributed by atoms with Gasteiger partial charge < -0.3 is 18.3 Å². The maximum atomic E-state index is 14.2. The maximum Gasteiger partial charge on any atom is 0.443 e. The van der Waals surface area contributed by atoms with E-state index in [1.807, 2.05) is 0 Å². The molecule has 0 aliphatic rings. The summed E-state index contributed by atoms with van der Waals surface area (Å²) in [5.41, 5.74) is -31.4. The molecule has 0 atom stereocenters. The molecule has 0 radical (unpaired) electrons. The van der Waals surface area contributed by atoms with Gasteiger partial charge in [-0.15, -0.1) is 0 Å². The second kappa shape index (κ2) is 22.2. The number of furan rings is 2. The molecule has 0 fully saturated rings. The van der Waals surface area contributed by atoms with Gasteiger partial charge in [0.2, 0.25) is 11.5 Å². The minimum Gasteiger partial charge on any atom is -0.454 e. The van der Waals surface area contributed by atoms with Crippen LogP contribution in [0, 0.1) is 7.53 Å². The fourth-order valence-corrected chi connectivity index (χ4v) is 9.71. The number of rotatable bonds is 8. The van der Waals surface area contributed by atoms with Crippen molar-refractivity contribution in [3.63, 3.8) is 0 Å². The average molecular weight is 1320 g/mol. The van der Waals surface area contributed by atoms with Crippen LogP contribution in [0.15, 0.2) is 106 Å². The van der Waals surface area contributed by atoms with Crippen molar-refractivity contribution in [2.24, 2.45) is 0 Å². The topological polar surface area (TPSA) is 78.9 Å². The zero-order chi connectivity index (χ0) is 62.7. The number of benzene rings is 4. The second-order valence-corrected chi connectivity index (χ2v) is 22.2. The first kappa shape index (κ1) is 66.3. The molecule has 2 heterocycles. The molecule has 32 heteroatoms. The lowest BCUT2D eigenvalue weighted by molar-refractivity contribution is -0.636. The van der Waals surface area contributed by atoms with E-state index in [4.69, 9.17) is 18.3 Å². The third-order valence-corrected chi connectivity index (χ3v) is 13.2. The summed E-state index contributed by atoms with van der Waals surface area (Å²) >= 11 is -0.798. The van der Waals surface area contributed by atoms with Crippen molar-refractivity contribution in [2.45, 2.75) is 102 Å². The molecule has 0 spiro atoms. The van der Waals surface area contributed by atoms with E-state index in [0.717, 1.165) is 0 Å². The molecule has 82 heavy (non-hydrogen) atoms. The molecule has 0 saturated carbocycles. The first-order valence-corrected chi connectivity index (χ1v) is 24.5. The van der Waals surface area contributed by atoms with Crippen LogP contribution in [-0.2, 0) is 58.9 Å². The summed E-state index contributed by atoms with van der Waals surface area (Å²) in [7, 11) is 0. The van der Waals surface area contributed by atoms with Crippen molar-refractivity contribution in [1.29, 1.82) is 0 Å². The number of hydrogen-bond donors (Lipinski definition) is 0. The van der Waals surface area contributed by atoms with Crippen LogP contribution in [-0.4, -0.2) is 29.3 Å². The van der Waals surface area contributed by atoms with Gasteiger partial charge in [0.25, 0.3) is 0 Å². The number of halogens is 25. The van der Waals surface area contributed by atoms with Crippen LogP contribution in [0.25, 0.3) is 0 Å². The highest BCUT2D eigenvalue weighted by Crippen LogP contribution is 2.41. The zero-order valence-electron chi connectivity index (χ0n) is 41.7. The Labute approximate surface area is 455 Å². The third-order valence-electron chi connectivity index (χ3n) is 11.0. The molecule has 0 N–H and O–H groups in total. The Balaban J connectivity index is 0.000000409. The van der Waals surface area contributed by atoms with Crippen molar-refractivity contribution >= 4 is 39.9 Å². The molecule has 2 aromatic heterocycles. The number of ether oxygens (including phenoxy) is 2. The summed E-state index contributed by atoms with van der Waals surface area (Å²) in [5.74, 6) is -0.694. The Hall–Kier alpha value is -6.51. The Bertz CT molecular complexity index is 2800. The van der Waals surface area contributed by atoms with Gasteiger partial charge >= 0.3 is 90.1 Å². The number of carbonyl (C=O) groups is 2. The van der Waals surface area contributed by atoms with Gasteiger partial charge in [-0.05, 0) is 77.9 Å². The molecule has 6 rings (SSSR count). The van der Waals surface area contributed by atoms with Crippen LogP contribution in [0.4, 0.5) is 105 Å². The normalized spacial score (nSPS) is 13.6. The van der Waals surface area contributed by atoms with Crippen molar-refractivity contribution < 1.29 is 154 Å². The monoisotopic (exact) mass is 1320 g/mol. The minimum atomic E-state index is -6.13. The van der Waals surface area contributed by atoms with E-state index in [1.165, 1.54) is 0 Å². The maximum absolute atomic E-state index is 14.2. The highest BCUT2D eigenvalue weighted by atomic mass is 127. The van der Waals surface area contributed by atoms with Crippen LogP contribution in [0.5, 0.6) is 0 Å². The van der Waals surface area contributed by atoms with Gasteiger partial charge in [-0.3, -0.25) is 0 Å². The van der Waals surface area contributed by atoms with E-state index in [0.29, 0.717) is 7.53 Å². The summed E-state index contributed by atoms with van der Waals surface area (Å²) in [6.45, 7) is 10.8. The van der Waals surface area contributed by atoms with Crippen LogP contribution >= 0.6 is 0 Å². The van der Waals surface area contributed by atoms with Gasteiger partial charge in [0.1, 0.15) is 17.3 Å². The van der Waals surface area contributed by atoms with Crippen molar-refractivity contribution in [2.75, 3.05) is 0 Å². The number of hydrogen-bond acceptors (Lipinski definition) is 6. The molecule has 6 aromatic rings. The number of carbonyl (C=O) groups excluding carboxylic acids is 2. The van der Waals surface area contributed by atoms with Crippen LogP contribution in [0.2, 0.25) is 0 Å². The van der Waals surface area contributed by atoms with Crippen molar-refractivity contribution in [3.8, 4) is 0 Å². The Kier molecular flexibility index (Phi) is 18.0. The minimum absolute atomic E-state index is 0.156. The molecule has 0 bridgehead atoms. The van der Waals surface area contributed by atoms with Crippen molar-refractivity contribution in [1.82, 2.24) is 0 Å². The van der Waals surface area contributed by atoms with E-state index in [-0.39, 0.29) is 11.5 Å². The molecule has 4 aromatic carbocycles. The summed E-state index contributed by atoms with van der Waals surface area (Å²) in [6.07, 6.45) is -54.8. The van der Waals surface area contributed by atoms with Crippen LogP contribution < -0.4 is 43.1 Å². The predicted octanol–water partition coefficient (Wildman–Crippen LogP) is 12.1. The standard InChI is InChI=1S/C32H12BF24.C18H22IO6/c34-25(35,36)13-1-14(26(37,38)39)6-21(5-13)33(22-7-15(27(40,41)42)2-16(8-22)28(43,44)45,23-9-17(29(46,47)48)3-18(10-23)30(49,50)51)24-11-19(31(52,53)54)4-20(12-24)32(55,56)57;1-17(2,3)24-15(20)11-7-9-13(22-11)19-14-10-8-12(23-14)16(21)25-18(4,5)6/h1-12H;7-10H,1-6H3/q-1;+1. The van der Waals surface area contributed by atoms with E-state index in [1.54, 1.807) is 65.8 Å². The van der Waals surface area contributed by atoms with Crippen LogP contribution in [0.3, 0.4) is 0 Å². The zero-order valence-corrected chi connectivity index (χ0v) is 43.9. The van der Waals surface area contributed by atoms with Gasteiger partial charge in [-0.2, -0.15) is 127 Å². The Morgan fingerprint density at radius 2 is 0.512 bits per heavy atom. The van der Waals surface area contributed by atoms with E-state index in [9.17, 15) is 115 Å². The van der Waals surface area contributed by atoms with Crippen LogP contribution in [0.1, 0.15) is 107 Å². The molecule has 0 unspecified atom stereocenters. The van der Waals surface area contributed by atoms with Gasteiger partial charge in [0, 0.05) is 12.1 Å². The number of alkyl halides is 24. The fraction of sp³-hybridized carbons (Fsp3) is 0.320. The molecule has 0 aliphatic heterocycles. The van der Waals surface area contributed by atoms with Gasteiger partial charge in [0.15, 0.2) is 0 Å².